The summed E-state index contributed by atoms with van der Waals surface area (Å²) in [4.78, 5) is 12.0. The molecule has 1 heterocycles. The van der Waals surface area contributed by atoms with Crippen molar-refractivity contribution in [2.75, 3.05) is 0 Å². The number of benzene rings is 2. The van der Waals surface area contributed by atoms with Crippen LogP contribution in [0.1, 0.15) is 28.1 Å². The molecule has 0 unspecified atom stereocenters. The van der Waals surface area contributed by atoms with Crippen LogP contribution in [0, 0.1) is 0 Å². The highest BCUT2D eigenvalue weighted by Gasteiger charge is 2.36. The summed E-state index contributed by atoms with van der Waals surface area (Å²) in [6.07, 6.45) is -9.97. The SMILES string of the molecule is O=c1[nH]nc(CCc2cc(C(F)(F)F)cc(C(F)(F)F)c2)n1Cc1ccccc1. The van der Waals surface area contributed by atoms with Gasteiger partial charge in [-0.1, -0.05) is 30.3 Å². The first-order chi connectivity index (χ1) is 13.5. The van der Waals surface area contributed by atoms with E-state index in [0.29, 0.717) is 12.1 Å². The molecule has 0 saturated carbocycles. The van der Waals surface area contributed by atoms with Gasteiger partial charge >= 0.3 is 18.0 Å². The zero-order chi connectivity index (χ0) is 21.2. The second-order valence-electron chi connectivity index (χ2n) is 6.43. The average Bonchev–Trinajstić information content (AvgIpc) is 2.99. The van der Waals surface area contributed by atoms with E-state index in [1.807, 2.05) is 0 Å². The van der Waals surface area contributed by atoms with E-state index in [9.17, 15) is 31.1 Å². The molecule has 0 radical (unpaired) electrons. The molecule has 0 bridgehead atoms. The fourth-order valence-electron chi connectivity index (χ4n) is 2.89. The molecular weight excluding hydrogens is 400 g/mol. The summed E-state index contributed by atoms with van der Waals surface area (Å²) in [7, 11) is 0. The third kappa shape index (κ3) is 5.07. The number of hydrogen-bond acceptors (Lipinski definition) is 2. The van der Waals surface area contributed by atoms with E-state index in [0.717, 1.165) is 5.56 Å². The van der Waals surface area contributed by atoms with Crippen molar-refractivity contribution in [1.82, 2.24) is 14.8 Å². The smallest absolute Gasteiger partial charge is 0.275 e. The Bertz CT molecular complexity index is 1000. The lowest BCUT2D eigenvalue weighted by molar-refractivity contribution is -0.143. The Morgan fingerprint density at radius 3 is 1.97 bits per heavy atom. The summed E-state index contributed by atoms with van der Waals surface area (Å²) in [6, 6.07) is 10.4. The Balaban J connectivity index is 1.86. The minimum atomic E-state index is -4.91. The fraction of sp³-hybridized carbons (Fsp3) is 0.263. The highest BCUT2D eigenvalue weighted by Crippen LogP contribution is 2.36. The lowest BCUT2D eigenvalue weighted by atomic mass is 10.0. The van der Waals surface area contributed by atoms with Gasteiger partial charge in [-0.25, -0.2) is 9.89 Å². The molecule has 0 saturated heterocycles. The second kappa shape index (κ2) is 7.76. The Morgan fingerprint density at radius 2 is 1.41 bits per heavy atom. The van der Waals surface area contributed by atoms with Crippen molar-refractivity contribution in [3.63, 3.8) is 0 Å². The maximum absolute atomic E-state index is 13.0. The van der Waals surface area contributed by atoms with Crippen LogP contribution >= 0.6 is 0 Å². The zero-order valence-corrected chi connectivity index (χ0v) is 14.8. The molecule has 0 amide bonds. The van der Waals surface area contributed by atoms with Gasteiger partial charge in [0.2, 0.25) is 0 Å². The minimum absolute atomic E-state index is 0.00974. The first-order valence-corrected chi connectivity index (χ1v) is 8.50. The number of alkyl halides is 6. The van der Waals surface area contributed by atoms with Crippen LogP contribution < -0.4 is 5.69 Å². The van der Waals surface area contributed by atoms with Gasteiger partial charge in [0, 0.05) is 6.42 Å². The summed E-state index contributed by atoms with van der Waals surface area (Å²) in [5, 5.41) is 6.11. The van der Waals surface area contributed by atoms with Gasteiger partial charge in [-0.05, 0) is 35.7 Å². The molecule has 0 fully saturated rings. The summed E-state index contributed by atoms with van der Waals surface area (Å²) in [6.45, 7) is 0.182. The molecule has 0 aliphatic rings. The number of nitrogens with zero attached hydrogens (tertiary/aromatic N) is 2. The summed E-state index contributed by atoms with van der Waals surface area (Å²) < 4.78 is 79.2. The molecule has 0 atom stereocenters. The number of aryl methyl sites for hydroxylation is 2. The lowest BCUT2D eigenvalue weighted by Gasteiger charge is -2.14. The molecular formula is C19H15F6N3O. The van der Waals surface area contributed by atoms with Crippen LogP contribution in [-0.2, 0) is 31.7 Å². The van der Waals surface area contributed by atoms with Crippen molar-refractivity contribution in [1.29, 1.82) is 0 Å². The quantitative estimate of drug-likeness (QED) is 0.627. The third-order valence-corrected chi connectivity index (χ3v) is 4.31. The number of halogens is 6. The number of hydrogen-bond donors (Lipinski definition) is 1. The van der Waals surface area contributed by atoms with Crippen molar-refractivity contribution < 1.29 is 26.3 Å². The van der Waals surface area contributed by atoms with Crippen LogP contribution in [-0.4, -0.2) is 14.8 Å². The monoisotopic (exact) mass is 415 g/mol. The Hall–Kier alpha value is -3.04. The van der Waals surface area contributed by atoms with Gasteiger partial charge in [-0.15, -0.1) is 0 Å². The maximum Gasteiger partial charge on any atom is 0.416 e. The number of H-pyrrole nitrogens is 1. The molecule has 1 N–H and O–H groups in total. The molecule has 29 heavy (non-hydrogen) atoms. The molecule has 1 aromatic heterocycles. The Kier molecular flexibility index (Phi) is 5.54. The van der Waals surface area contributed by atoms with Crippen LogP contribution in [0.15, 0.2) is 53.3 Å². The van der Waals surface area contributed by atoms with Gasteiger partial charge in [0.15, 0.2) is 0 Å². The third-order valence-electron chi connectivity index (χ3n) is 4.31. The average molecular weight is 415 g/mol. The predicted octanol–water partition coefficient (Wildman–Crippen LogP) is 4.44. The largest absolute Gasteiger partial charge is 0.416 e. The van der Waals surface area contributed by atoms with Crippen LogP contribution in [0.25, 0.3) is 0 Å². The summed E-state index contributed by atoms with van der Waals surface area (Å²) in [5.41, 5.74) is -2.59. The lowest BCUT2D eigenvalue weighted by Crippen LogP contribution is -2.20. The normalized spacial score (nSPS) is 12.3. The van der Waals surface area contributed by atoms with E-state index >= 15 is 0 Å². The van der Waals surface area contributed by atoms with Crippen molar-refractivity contribution >= 4 is 0 Å². The maximum atomic E-state index is 13.0. The van der Waals surface area contributed by atoms with E-state index in [4.69, 9.17) is 0 Å². The van der Waals surface area contributed by atoms with E-state index in [1.165, 1.54) is 4.57 Å². The molecule has 10 heteroatoms. The molecule has 154 valence electrons. The van der Waals surface area contributed by atoms with Gasteiger partial charge in [0.1, 0.15) is 5.82 Å². The van der Waals surface area contributed by atoms with E-state index in [2.05, 4.69) is 10.2 Å². The Labute approximate surface area is 160 Å². The fourth-order valence-corrected chi connectivity index (χ4v) is 2.89. The second-order valence-corrected chi connectivity index (χ2v) is 6.43. The number of aromatic amines is 1. The van der Waals surface area contributed by atoms with Gasteiger partial charge < -0.3 is 0 Å². The number of nitrogens with one attached hydrogen (secondary N) is 1. The van der Waals surface area contributed by atoms with Crippen LogP contribution in [0.4, 0.5) is 26.3 Å². The van der Waals surface area contributed by atoms with E-state index in [-0.39, 0.29) is 36.8 Å². The molecule has 0 aliphatic carbocycles. The molecule has 2 aromatic carbocycles. The molecule has 0 spiro atoms. The van der Waals surface area contributed by atoms with E-state index in [1.54, 1.807) is 30.3 Å². The van der Waals surface area contributed by atoms with Crippen molar-refractivity contribution in [2.24, 2.45) is 0 Å². The molecule has 3 aromatic rings. The molecule has 3 rings (SSSR count). The zero-order valence-electron chi connectivity index (χ0n) is 14.8. The predicted molar refractivity (Wildman–Crippen MR) is 92.2 cm³/mol. The summed E-state index contributed by atoms with van der Waals surface area (Å²) >= 11 is 0. The van der Waals surface area contributed by atoms with Gasteiger partial charge in [-0.3, -0.25) is 4.57 Å². The first-order valence-electron chi connectivity index (χ1n) is 8.50. The van der Waals surface area contributed by atoms with Crippen LogP contribution in [0.3, 0.4) is 0 Å². The first kappa shape index (κ1) is 20.7. The molecule has 0 aliphatic heterocycles. The standard InChI is InChI=1S/C19H15F6N3O/c20-18(21,22)14-8-13(9-15(10-14)19(23,24)25)6-7-16-26-27-17(29)28(16)11-12-4-2-1-3-5-12/h1-5,8-10H,6-7,11H2,(H,27,29). The number of aromatic nitrogens is 3. The van der Waals surface area contributed by atoms with Crippen LogP contribution in [0.5, 0.6) is 0 Å². The van der Waals surface area contributed by atoms with E-state index < -0.39 is 29.2 Å². The Morgan fingerprint density at radius 1 is 0.828 bits per heavy atom. The van der Waals surface area contributed by atoms with Crippen molar-refractivity contribution in [3.8, 4) is 0 Å². The topological polar surface area (TPSA) is 50.7 Å². The van der Waals surface area contributed by atoms with Crippen LogP contribution in [0.2, 0.25) is 0 Å². The highest BCUT2D eigenvalue weighted by atomic mass is 19.4. The molecule has 4 nitrogen and oxygen atoms in total. The highest BCUT2D eigenvalue weighted by molar-refractivity contribution is 5.34. The number of rotatable bonds is 5. The minimum Gasteiger partial charge on any atom is -0.275 e. The van der Waals surface area contributed by atoms with Gasteiger partial charge in [0.05, 0.1) is 17.7 Å². The summed E-state index contributed by atoms with van der Waals surface area (Å²) in [5.74, 6) is 0.241. The van der Waals surface area contributed by atoms with Crippen molar-refractivity contribution in [2.45, 2.75) is 31.7 Å². The van der Waals surface area contributed by atoms with Gasteiger partial charge in [-0.2, -0.15) is 31.4 Å². The van der Waals surface area contributed by atoms with Crippen molar-refractivity contribution in [3.05, 3.63) is 87.1 Å². The van der Waals surface area contributed by atoms with Gasteiger partial charge in [0.25, 0.3) is 0 Å².